The van der Waals surface area contributed by atoms with E-state index in [1.807, 2.05) is 36.5 Å². The van der Waals surface area contributed by atoms with Crippen molar-refractivity contribution in [3.8, 4) is 56.4 Å². The fraction of sp³-hybridized carbons (Fsp3) is 0. The summed E-state index contributed by atoms with van der Waals surface area (Å²) in [6.45, 7) is 0. The van der Waals surface area contributed by atoms with Gasteiger partial charge in [0.2, 0.25) is 0 Å². The van der Waals surface area contributed by atoms with Gasteiger partial charge in [0.25, 0.3) is 0 Å². The molecule has 0 aliphatic rings. The van der Waals surface area contributed by atoms with Crippen LogP contribution in [0.1, 0.15) is 0 Å². The van der Waals surface area contributed by atoms with Crippen LogP contribution in [-0.2, 0) is 0 Å². The smallest absolute Gasteiger partial charge is 0.165 e. The topological polar surface area (TPSA) is 51.6 Å². The van der Waals surface area contributed by atoms with Crippen molar-refractivity contribution >= 4 is 53.2 Å². The quantitative estimate of drug-likeness (QED) is 0.171. The van der Waals surface area contributed by atoms with Crippen molar-refractivity contribution in [1.29, 1.82) is 0 Å². The second kappa shape index (κ2) is 12.1. The van der Waals surface area contributed by atoms with Crippen LogP contribution in [0.2, 0.25) is 0 Å². The van der Waals surface area contributed by atoms with Crippen LogP contribution in [0, 0.1) is 0 Å². The van der Waals surface area contributed by atoms with E-state index < -0.39 is 0 Å². The molecule has 3 aromatic heterocycles. The van der Waals surface area contributed by atoms with E-state index in [0.717, 1.165) is 54.4 Å². The third-order valence-electron chi connectivity index (χ3n) is 9.56. The van der Waals surface area contributed by atoms with E-state index in [2.05, 4.69) is 133 Å². The van der Waals surface area contributed by atoms with E-state index >= 15 is 0 Å². The zero-order valence-electron chi connectivity index (χ0n) is 27.4. The maximum Gasteiger partial charge on any atom is 0.165 e. The van der Waals surface area contributed by atoms with Crippen molar-refractivity contribution in [2.45, 2.75) is 0 Å². The summed E-state index contributed by atoms with van der Waals surface area (Å²) < 4.78 is 2.39. The van der Waals surface area contributed by atoms with E-state index in [1.165, 1.54) is 26.4 Å². The number of hydrogen-bond acceptors (Lipinski definition) is 5. The minimum Gasteiger partial charge on any atom is -0.256 e. The van der Waals surface area contributed by atoms with Crippen LogP contribution in [0.3, 0.4) is 0 Å². The number of nitrogens with zero attached hydrogens (tertiary/aromatic N) is 4. The first-order valence-corrected chi connectivity index (χ1v) is 17.8. The Labute approximate surface area is 298 Å². The second-order valence-electron chi connectivity index (χ2n) is 12.7. The average Bonchev–Trinajstić information content (AvgIpc) is 3.59. The molecule has 5 heteroatoms. The molecule has 3 heterocycles. The molecule has 0 atom stereocenters. The van der Waals surface area contributed by atoms with Crippen LogP contribution in [0.4, 0.5) is 0 Å². The molecule has 0 spiro atoms. The normalized spacial score (nSPS) is 11.5. The van der Waals surface area contributed by atoms with E-state index in [-0.39, 0.29) is 0 Å². The molecule has 0 N–H and O–H groups in total. The molecular formula is C46H28N4S. The highest BCUT2D eigenvalue weighted by molar-refractivity contribution is 7.26. The van der Waals surface area contributed by atoms with Gasteiger partial charge >= 0.3 is 0 Å². The fourth-order valence-corrected chi connectivity index (χ4v) is 8.17. The van der Waals surface area contributed by atoms with E-state index in [4.69, 9.17) is 19.9 Å². The number of benzene rings is 7. The Morgan fingerprint density at radius 1 is 0.373 bits per heavy atom. The van der Waals surface area contributed by atoms with Crippen LogP contribution in [0.15, 0.2) is 170 Å². The van der Waals surface area contributed by atoms with E-state index in [0.29, 0.717) is 17.5 Å². The SMILES string of the molecule is c1ccc(-c2ccc(-c3nc(-c4ccccc4)nc(-c4cc(-c5ccc6cnc7ccccc7c6c5)cc5c4sc4ccccc45)n3)cc2)cc1. The van der Waals surface area contributed by atoms with Gasteiger partial charge in [0, 0.05) is 53.8 Å². The molecular weight excluding hydrogens is 641 g/mol. The lowest BCUT2D eigenvalue weighted by atomic mass is 9.96. The van der Waals surface area contributed by atoms with Gasteiger partial charge in [-0.2, -0.15) is 0 Å². The zero-order chi connectivity index (χ0) is 33.7. The van der Waals surface area contributed by atoms with Crippen LogP contribution < -0.4 is 0 Å². The Morgan fingerprint density at radius 2 is 0.941 bits per heavy atom. The summed E-state index contributed by atoms with van der Waals surface area (Å²) in [7, 11) is 0. The molecule has 7 aromatic carbocycles. The Hall–Kier alpha value is -6.56. The zero-order valence-corrected chi connectivity index (χ0v) is 28.2. The molecule has 51 heavy (non-hydrogen) atoms. The number of aromatic nitrogens is 4. The van der Waals surface area contributed by atoms with Crippen molar-refractivity contribution in [2.24, 2.45) is 0 Å². The molecule has 0 radical (unpaired) electrons. The van der Waals surface area contributed by atoms with Gasteiger partial charge in [-0.05, 0) is 58.0 Å². The molecule has 4 nitrogen and oxygen atoms in total. The lowest BCUT2D eigenvalue weighted by molar-refractivity contribution is 1.08. The van der Waals surface area contributed by atoms with Crippen molar-refractivity contribution in [3.05, 3.63) is 170 Å². The molecule has 0 amide bonds. The average molecular weight is 669 g/mol. The van der Waals surface area contributed by atoms with Gasteiger partial charge in [-0.3, -0.25) is 4.98 Å². The van der Waals surface area contributed by atoms with Crippen molar-refractivity contribution < 1.29 is 0 Å². The molecule has 0 unspecified atom stereocenters. The first-order chi connectivity index (χ1) is 25.2. The first kappa shape index (κ1) is 29.4. The Kier molecular flexibility index (Phi) is 6.96. The lowest BCUT2D eigenvalue weighted by Crippen LogP contribution is -2.00. The maximum absolute atomic E-state index is 5.22. The Bertz CT molecular complexity index is 2900. The molecule has 0 bridgehead atoms. The molecule has 0 aliphatic carbocycles. The summed E-state index contributed by atoms with van der Waals surface area (Å²) in [4.78, 5) is 20.2. The summed E-state index contributed by atoms with van der Waals surface area (Å²) in [5, 5.41) is 5.87. The fourth-order valence-electron chi connectivity index (χ4n) is 6.98. The van der Waals surface area contributed by atoms with Gasteiger partial charge in [-0.1, -0.05) is 133 Å². The van der Waals surface area contributed by atoms with Gasteiger partial charge < -0.3 is 0 Å². The summed E-state index contributed by atoms with van der Waals surface area (Å²) in [6.07, 6.45) is 1.96. The third-order valence-corrected chi connectivity index (χ3v) is 10.8. The van der Waals surface area contributed by atoms with Gasteiger partial charge in [-0.15, -0.1) is 11.3 Å². The second-order valence-corrected chi connectivity index (χ2v) is 13.7. The molecule has 0 saturated heterocycles. The maximum atomic E-state index is 5.22. The number of thiophene rings is 1. The molecule has 10 rings (SSSR count). The van der Waals surface area contributed by atoms with Gasteiger partial charge in [0.15, 0.2) is 17.5 Å². The minimum absolute atomic E-state index is 0.641. The number of para-hydroxylation sites is 1. The molecule has 10 aromatic rings. The van der Waals surface area contributed by atoms with Crippen molar-refractivity contribution in [1.82, 2.24) is 19.9 Å². The van der Waals surface area contributed by atoms with Crippen molar-refractivity contribution in [2.75, 3.05) is 0 Å². The standard InChI is InChI=1S/C46H28N4S/c1-3-11-29(12-4-1)30-19-21-32(22-20-30)45-48-44(31-13-5-2-6-14-31)49-46(50-45)40-27-35(26-39-37-16-8-10-18-42(37)51-43(39)40)33-23-24-34-28-47-41-17-9-7-15-36(41)38(34)25-33/h1-28H. The number of rotatable bonds is 5. The summed E-state index contributed by atoms with van der Waals surface area (Å²) in [5.41, 5.74) is 8.43. The van der Waals surface area contributed by atoms with Crippen LogP contribution in [-0.4, -0.2) is 19.9 Å². The molecule has 0 aliphatic heterocycles. The number of pyridine rings is 1. The monoisotopic (exact) mass is 668 g/mol. The van der Waals surface area contributed by atoms with Crippen molar-refractivity contribution in [3.63, 3.8) is 0 Å². The predicted molar refractivity (Wildman–Crippen MR) is 213 cm³/mol. The summed E-state index contributed by atoms with van der Waals surface area (Å²) in [6, 6.07) is 57.3. The van der Waals surface area contributed by atoms with E-state index in [1.54, 1.807) is 11.3 Å². The highest BCUT2D eigenvalue weighted by Crippen LogP contribution is 2.43. The number of fused-ring (bicyclic) bond motifs is 6. The van der Waals surface area contributed by atoms with Crippen LogP contribution in [0.5, 0.6) is 0 Å². The Morgan fingerprint density at radius 3 is 1.73 bits per heavy atom. The van der Waals surface area contributed by atoms with E-state index in [9.17, 15) is 0 Å². The molecule has 0 saturated carbocycles. The first-order valence-electron chi connectivity index (χ1n) is 17.0. The van der Waals surface area contributed by atoms with Gasteiger partial charge in [-0.25, -0.2) is 15.0 Å². The predicted octanol–water partition coefficient (Wildman–Crippen LogP) is 12.3. The summed E-state index contributed by atoms with van der Waals surface area (Å²) in [5.74, 6) is 1.94. The Balaban J connectivity index is 1.20. The van der Waals surface area contributed by atoms with Gasteiger partial charge in [0.1, 0.15) is 0 Å². The minimum atomic E-state index is 0.641. The summed E-state index contributed by atoms with van der Waals surface area (Å²) >= 11 is 1.79. The van der Waals surface area contributed by atoms with Crippen LogP contribution >= 0.6 is 11.3 Å². The van der Waals surface area contributed by atoms with Gasteiger partial charge in [0.05, 0.1) is 5.52 Å². The highest BCUT2D eigenvalue weighted by Gasteiger charge is 2.19. The lowest BCUT2D eigenvalue weighted by Gasteiger charge is -2.12. The molecule has 238 valence electrons. The van der Waals surface area contributed by atoms with Crippen LogP contribution in [0.25, 0.3) is 98.3 Å². The molecule has 0 fully saturated rings. The number of hydrogen-bond donors (Lipinski definition) is 0. The highest BCUT2D eigenvalue weighted by atomic mass is 32.1. The largest absolute Gasteiger partial charge is 0.256 e. The third kappa shape index (κ3) is 5.23.